The molecule has 3 amide bonds. The van der Waals surface area contributed by atoms with E-state index in [0.717, 1.165) is 5.56 Å². The lowest BCUT2D eigenvalue weighted by atomic mass is 10.1. The third-order valence-electron chi connectivity index (χ3n) is 3.51. The van der Waals surface area contributed by atoms with Gasteiger partial charge in [0.05, 0.1) is 7.11 Å². The quantitative estimate of drug-likeness (QED) is 0.636. The number of carbonyl (C=O) groups excluding carboxylic acids is 2. The number of methoxy groups -OCH3 is 1. The van der Waals surface area contributed by atoms with Crippen LogP contribution in [0.2, 0.25) is 5.02 Å². The molecule has 7 heteroatoms. The van der Waals surface area contributed by atoms with Crippen LogP contribution in [0.15, 0.2) is 48.2 Å². The van der Waals surface area contributed by atoms with E-state index in [1.54, 1.807) is 12.1 Å². The number of carbonyl (C=O) groups is 2. The zero-order valence-corrected chi connectivity index (χ0v) is 14.1. The number of halogens is 1. The minimum absolute atomic E-state index is 0.110. The summed E-state index contributed by atoms with van der Waals surface area (Å²) in [6, 6.07) is 12.3. The van der Waals surface area contributed by atoms with Crippen LogP contribution in [0, 0.1) is 0 Å². The van der Waals surface area contributed by atoms with Gasteiger partial charge in [0.25, 0.3) is 5.91 Å². The van der Waals surface area contributed by atoms with Gasteiger partial charge in [0.1, 0.15) is 12.3 Å². The molecule has 0 spiro atoms. The topological polar surface area (TPSA) is 76.7 Å². The summed E-state index contributed by atoms with van der Waals surface area (Å²) in [5.41, 5.74) is 1.61. The van der Waals surface area contributed by atoms with Crippen molar-refractivity contribution in [3.63, 3.8) is 0 Å². The molecule has 128 valence electrons. The molecular formula is C18H15ClN2O4. The summed E-state index contributed by atoms with van der Waals surface area (Å²) in [5, 5.41) is 4.99. The Balaban J connectivity index is 1.96. The second-order valence-electron chi connectivity index (χ2n) is 5.27. The highest BCUT2D eigenvalue weighted by molar-refractivity contribution is 6.31. The summed E-state index contributed by atoms with van der Waals surface area (Å²) in [6.45, 7) is 0.313. The average molecular weight is 359 g/mol. The van der Waals surface area contributed by atoms with E-state index in [0.29, 0.717) is 28.7 Å². The zero-order valence-electron chi connectivity index (χ0n) is 13.3. The first-order chi connectivity index (χ1) is 12.1. The number of rotatable bonds is 5. The van der Waals surface area contributed by atoms with Crippen molar-refractivity contribution in [2.75, 3.05) is 7.11 Å². The van der Waals surface area contributed by atoms with E-state index in [-0.39, 0.29) is 5.70 Å². The Morgan fingerprint density at radius 3 is 2.52 bits per heavy atom. The number of ether oxygens (including phenoxy) is 2. The van der Waals surface area contributed by atoms with E-state index < -0.39 is 11.9 Å². The Hall–Kier alpha value is -2.99. The predicted octanol–water partition coefficient (Wildman–Crippen LogP) is 3.11. The van der Waals surface area contributed by atoms with E-state index in [1.165, 1.54) is 13.2 Å². The summed E-state index contributed by atoms with van der Waals surface area (Å²) in [5.74, 6) is 0.343. The van der Waals surface area contributed by atoms with Crippen LogP contribution >= 0.6 is 11.6 Å². The third kappa shape index (κ3) is 3.92. The van der Waals surface area contributed by atoms with Gasteiger partial charge in [-0.25, -0.2) is 4.79 Å². The van der Waals surface area contributed by atoms with E-state index in [1.807, 2.05) is 30.3 Å². The molecule has 2 aromatic carbocycles. The maximum atomic E-state index is 11.8. The number of amides is 3. The highest BCUT2D eigenvalue weighted by Crippen LogP contribution is 2.36. The Morgan fingerprint density at radius 1 is 1.12 bits per heavy atom. The fourth-order valence-electron chi connectivity index (χ4n) is 2.37. The lowest BCUT2D eigenvalue weighted by molar-refractivity contribution is -0.115. The van der Waals surface area contributed by atoms with Gasteiger partial charge in [-0.1, -0.05) is 41.9 Å². The SMILES string of the molecule is COc1cc(Cl)cc(C=C2NC(=O)NC2=O)c1OCc1ccccc1. The lowest BCUT2D eigenvalue weighted by Gasteiger charge is -2.14. The van der Waals surface area contributed by atoms with Crippen molar-refractivity contribution in [3.05, 3.63) is 64.3 Å². The standard InChI is InChI=1S/C18H15ClN2O4/c1-24-15-9-13(19)7-12(8-14-17(22)21-18(23)20-14)16(15)25-10-11-5-3-2-4-6-11/h2-9H,10H2,1H3,(H2,20,21,22,23). The van der Waals surface area contributed by atoms with E-state index >= 15 is 0 Å². The smallest absolute Gasteiger partial charge is 0.326 e. The molecule has 1 aliphatic heterocycles. The summed E-state index contributed by atoms with van der Waals surface area (Å²) in [4.78, 5) is 23.0. The maximum absolute atomic E-state index is 11.8. The highest BCUT2D eigenvalue weighted by atomic mass is 35.5. The fraction of sp³-hybridized carbons (Fsp3) is 0.111. The van der Waals surface area contributed by atoms with Crippen molar-refractivity contribution in [2.45, 2.75) is 6.61 Å². The van der Waals surface area contributed by atoms with Crippen molar-refractivity contribution in [1.29, 1.82) is 0 Å². The van der Waals surface area contributed by atoms with Gasteiger partial charge < -0.3 is 14.8 Å². The minimum Gasteiger partial charge on any atom is -0.493 e. The van der Waals surface area contributed by atoms with E-state index in [9.17, 15) is 9.59 Å². The average Bonchev–Trinajstić information content (AvgIpc) is 2.91. The molecule has 1 fully saturated rings. The fourth-order valence-corrected chi connectivity index (χ4v) is 2.59. The Kier molecular flexibility index (Phi) is 4.90. The van der Waals surface area contributed by atoms with Crippen LogP contribution in [0.5, 0.6) is 11.5 Å². The van der Waals surface area contributed by atoms with Gasteiger partial charge in [-0.15, -0.1) is 0 Å². The van der Waals surface area contributed by atoms with Crippen LogP contribution in [0.4, 0.5) is 4.79 Å². The molecule has 0 aromatic heterocycles. The monoisotopic (exact) mass is 358 g/mol. The Labute approximate surface area is 149 Å². The molecule has 0 unspecified atom stereocenters. The van der Waals surface area contributed by atoms with Crippen LogP contribution < -0.4 is 20.1 Å². The van der Waals surface area contributed by atoms with E-state index in [2.05, 4.69) is 10.6 Å². The Morgan fingerprint density at radius 2 is 1.88 bits per heavy atom. The van der Waals surface area contributed by atoms with Crippen LogP contribution in [-0.2, 0) is 11.4 Å². The summed E-state index contributed by atoms with van der Waals surface area (Å²) < 4.78 is 11.2. The van der Waals surface area contributed by atoms with Crippen molar-refractivity contribution in [3.8, 4) is 11.5 Å². The molecule has 0 bridgehead atoms. The number of imide groups is 1. The van der Waals surface area contributed by atoms with Gasteiger partial charge in [-0.2, -0.15) is 0 Å². The van der Waals surface area contributed by atoms with Crippen molar-refractivity contribution in [1.82, 2.24) is 10.6 Å². The number of benzene rings is 2. The second-order valence-corrected chi connectivity index (χ2v) is 5.70. The maximum Gasteiger partial charge on any atom is 0.326 e. The van der Waals surface area contributed by atoms with Crippen LogP contribution in [0.25, 0.3) is 6.08 Å². The molecule has 0 radical (unpaired) electrons. The van der Waals surface area contributed by atoms with Gasteiger partial charge in [-0.05, 0) is 17.7 Å². The minimum atomic E-state index is -0.572. The van der Waals surface area contributed by atoms with Gasteiger partial charge >= 0.3 is 6.03 Å². The molecule has 2 N–H and O–H groups in total. The molecule has 1 aliphatic rings. The Bertz CT molecular complexity index is 850. The van der Waals surface area contributed by atoms with Gasteiger partial charge in [0.15, 0.2) is 11.5 Å². The highest BCUT2D eigenvalue weighted by Gasteiger charge is 2.24. The normalized spacial score (nSPS) is 15.0. The number of nitrogens with one attached hydrogen (secondary N) is 2. The van der Waals surface area contributed by atoms with Gasteiger partial charge in [-0.3, -0.25) is 10.1 Å². The van der Waals surface area contributed by atoms with Crippen molar-refractivity contribution in [2.24, 2.45) is 0 Å². The van der Waals surface area contributed by atoms with Crippen molar-refractivity contribution >= 4 is 29.6 Å². The molecule has 3 rings (SSSR count). The largest absolute Gasteiger partial charge is 0.493 e. The molecular weight excluding hydrogens is 344 g/mol. The molecule has 6 nitrogen and oxygen atoms in total. The molecule has 0 saturated carbocycles. The first kappa shape index (κ1) is 16.9. The van der Waals surface area contributed by atoms with Crippen LogP contribution in [0.1, 0.15) is 11.1 Å². The number of urea groups is 1. The predicted molar refractivity (Wildman–Crippen MR) is 93.4 cm³/mol. The van der Waals surface area contributed by atoms with Gasteiger partial charge in [0, 0.05) is 16.7 Å². The molecule has 2 aromatic rings. The third-order valence-corrected chi connectivity index (χ3v) is 3.73. The number of hydrogen-bond acceptors (Lipinski definition) is 4. The lowest BCUT2D eigenvalue weighted by Crippen LogP contribution is -2.22. The summed E-state index contributed by atoms with van der Waals surface area (Å²) >= 11 is 6.12. The van der Waals surface area contributed by atoms with Crippen molar-refractivity contribution < 1.29 is 19.1 Å². The molecule has 0 aliphatic carbocycles. The second kappa shape index (κ2) is 7.27. The van der Waals surface area contributed by atoms with Crippen LogP contribution in [0.3, 0.4) is 0 Å². The number of hydrogen-bond donors (Lipinski definition) is 2. The van der Waals surface area contributed by atoms with Crippen LogP contribution in [-0.4, -0.2) is 19.0 Å². The zero-order chi connectivity index (χ0) is 17.8. The molecule has 25 heavy (non-hydrogen) atoms. The molecule has 1 heterocycles. The molecule has 0 atom stereocenters. The molecule has 1 saturated heterocycles. The summed E-state index contributed by atoms with van der Waals surface area (Å²) in [7, 11) is 1.50. The van der Waals surface area contributed by atoms with Gasteiger partial charge in [0.2, 0.25) is 0 Å². The first-order valence-corrected chi connectivity index (χ1v) is 7.83. The first-order valence-electron chi connectivity index (χ1n) is 7.45. The van der Waals surface area contributed by atoms with E-state index in [4.69, 9.17) is 21.1 Å². The summed E-state index contributed by atoms with van der Waals surface area (Å²) in [6.07, 6.45) is 1.50.